The van der Waals surface area contributed by atoms with Gasteiger partial charge in [-0.3, -0.25) is 0 Å². The third-order valence-corrected chi connectivity index (χ3v) is 3.33. The molecule has 0 aliphatic carbocycles. The Labute approximate surface area is 125 Å². The maximum Gasteiger partial charge on any atom is 0.326 e. The molecule has 1 fully saturated rings. The van der Waals surface area contributed by atoms with Gasteiger partial charge in [-0.05, 0) is 12.3 Å². The summed E-state index contributed by atoms with van der Waals surface area (Å²) in [4.78, 5) is 24.5. The number of amides is 2. The molecule has 2 N–H and O–H groups in total. The zero-order valence-corrected chi connectivity index (χ0v) is 13.0. The van der Waals surface area contributed by atoms with Gasteiger partial charge in [-0.2, -0.15) is 0 Å². The van der Waals surface area contributed by atoms with Crippen molar-refractivity contribution in [1.29, 1.82) is 0 Å². The fraction of sp³-hybridized carbons (Fsp3) is 0.857. The van der Waals surface area contributed by atoms with Gasteiger partial charge in [-0.25, -0.2) is 9.59 Å². The van der Waals surface area contributed by atoms with Crippen LogP contribution in [0.1, 0.15) is 26.7 Å². The third kappa shape index (κ3) is 5.89. The number of hydrogen-bond acceptors (Lipinski definition) is 4. The summed E-state index contributed by atoms with van der Waals surface area (Å²) in [6.07, 6.45) is 0.820. The number of likely N-dealkylation sites (tertiary alicyclic amines) is 1. The van der Waals surface area contributed by atoms with E-state index in [1.165, 1.54) is 12.0 Å². The molecule has 1 aliphatic rings. The van der Waals surface area contributed by atoms with Crippen LogP contribution < -0.4 is 5.32 Å². The summed E-state index contributed by atoms with van der Waals surface area (Å²) in [6.45, 7) is 6.22. The van der Waals surface area contributed by atoms with Gasteiger partial charge in [0.15, 0.2) is 0 Å². The van der Waals surface area contributed by atoms with Gasteiger partial charge < -0.3 is 24.8 Å². The highest BCUT2D eigenvalue weighted by atomic mass is 16.5. The van der Waals surface area contributed by atoms with Crippen molar-refractivity contribution in [2.24, 2.45) is 5.92 Å². The highest BCUT2D eigenvalue weighted by Crippen LogP contribution is 2.20. The lowest BCUT2D eigenvalue weighted by molar-refractivity contribution is -0.141. The van der Waals surface area contributed by atoms with Crippen molar-refractivity contribution in [2.45, 2.75) is 38.8 Å². The van der Waals surface area contributed by atoms with Crippen molar-refractivity contribution in [3.05, 3.63) is 0 Å². The number of nitrogens with zero attached hydrogens (tertiary/aromatic N) is 1. The van der Waals surface area contributed by atoms with Crippen molar-refractivity contribution in [3.8, 4) is 0 Å². The number of aliphatic carboxylic acids is 1. The Hall–Kier alpha value is -1.34. The molecule has 2 atom stereocenters. The predicted octanol–water partition coefficient (Wildman–Crippen LogP) is 0.933. The van der Waals surface area contributed by atoms with E-state index in [0.29, 0.717) is 45.1 Å². The molecule has 0 aromatic carbocycles. The molecule has 7 nitrogen and oxygen atoms in total. The molecule has 21 heavy (non-hydrogen) atoms. The maximum absolute atomic E-state index is 12.0. The number of carboxylic acids is 1. The summed E-state index contributed by atoms with van der Waals surface area (Å²) >= 11 is 0. The van der Waals surface area contributed by atoms with Crippen LogP contribution in [0.4, 0.5) is 4.79 Å². The van der Waals surface area contributed by atoms with Crippen LogP contribution >= 0.6 is 0 Å². The second-order valence-corrected chi connectivity index (χ2v) is 5.65. The van der Waals surface area contributed by atoms with E-state index in [0.717, 1.165) is 0 Å². The fourth-order valence-electron chi connectivity index (χ4n) is 2.22. The lowest BCUT2D eigenvalue weighted by Gasteiger charge is -2.21. The minimum atomic E-state index is -0.995. The van der Waals surface area contributed by atoms with Gasteiger partial charge >= 0.3 is 12.0 Å². The SMILES string of the molecule is COC1CC(C(=O)O)N(C(=O)NCCCOCC(C)C)C1. The second-order valence-electron chi connectivity index (χ2n) is 5.65. The van der Waals surface area contributed by atoms with Gasteiger partial charge in [0.05, 0.1) is 6.10 Å². The average Bonchev–Trinajstić information content (AvgIpc) is 2.86. The standard InChI is InChI=1S/C14H26N2O5/c1-10(2)9-21-6-4-5-15-14(19)16-8-11(20-3)7-12(16)13(17)18/h10-12H,4-9H2,1-3H3,(H,15,19)(H,17,18). The lowest BCUT2D eigenvalue weighted by Crippen LogP contribution is -2.46. The van der Waals surface area contributed by atoms with Gasteiger partial charge in [-0.1, -0.05) is 13.8 Å². The Balaban J connectivity index is 2.28. The topological polar surface area (TPSA) is 88.1 Å². The molecule has 7 heteroatoms. The first-order chi connectivity index (χ1) is 9.95. The number of ether oxygens (including phenoxy) is 2. The number of carbonyl (C=O) groups is 2. The first-order valence-electron chi connectivity index (χ1n) is 7.33. The molecule has 0 radical (unpaired) electrons. The first kappa shape index (κ1) is 17.7. The Morgan fingerprint density at radius 1 is 1.43 bits per heavy atom. The molecule has 122 valence electrons. The molecule has 2 unspecified atom stereocenters. The number of hydrogen-bond donors (Lipinski definition) is 2. The number of nitrogens with one attached hydrogen (secondary N) is 1. The van der Waals surface area contributed by atoms with Crippen LogP contribution in [0.5, 0.6) is 0 Å². The monoisotopic (exact) mass is 302 g/mol. The van der Waals surface area contributed by atoms with Gasteiger partial charge in [0.1, 0.15) is 6.04 Å². The second kappa shape index (κ2) is 8.84. The zero-order valence-electron chi connectivity index (χ0n) is 13.0. The van der Waals surface area contributed by atoms with E-state index in [2.05, 4.69) is 19.2 Å². The normalized spacial score (nSPS) is 21.8. The van der Waals surface area contributed by atoms with Crippen LogP contribution in [0.15, 0.2) is 0 Å². The largest absolute Gasteiger partial charge is 0.480 e. The van der Waals surface area contributed by atoms with Crippen molar-refractivity contribution in [3.63, 3.8) is 0 Å². The molecule has 1 rings (SSSR count). The summed E-state index contributed by atoms with van der Waals surface area (Å²) < 4.78 is 10.6. The van der Waals surface area contributed by atoms with E-state index in [9.17, 15) is 9.59 Å². The summed E-state index contributed by atoms with van der Waals surface area (Å²) in [6, 6.07) is -1.17. The minimum absolute atomic E-state index is 0.216. The van der Waals surface area contributed by atoms with Gasteiger partial charge in [0, 0.05) is 39.8 Å². The maximum atomic E-state index is 12.0. The van der Waals surface area contributed by atoms with Crippen LogP contribution in [0.2, 0.25) is 0 Å². The van der Waals surface area contributed by atoms with Gasteiger partial charge in [-0.15, -0.1) is 0 Å². The van der Waals surface area contributed by atoms with Crippen LogP contribution in [-0.2, 0) is 14.3 Å². The minimum Gasteiger partial charge on any atom is -0.480 e. The van der Waals surface area contributed by atoms with Gasteiger partial charge in [0.25, 0.3) is 0 Å². The Morgan fingerprint density at radius 3 is 2.71 bits per heavy atom. The first-order valence-corrected chi connectivity index (χ1v) is 7.33. The van der Waals surface area contributed by atoms with Crippen LogP contribution in [-0.4, -0.2) is 67.6 Å². The van der Waals surface area contributed by atoms with E-state index >= 15 is 0 Å². The molecule has 0 aromatic heterocycles. The molecule has 0 bridgehead atoms. The molecular weight excluding hydrogens is 276 g/mol. The van der Waals surface area contributed by atoms with Crippen molar-refractivity contribution in [1.82, 2.24) is 10.2 Å². The molecule has 1 heterocycles. The highest BCUT2D eigenvalue weighted by molar-refractivity contribution is 5.83. The molecule has 1 saturated heterocycles. The molecule has 0 spiro atoms. The number of rotatable bonds is 8. The van der Waals surface area contributed by atoms with Crippen molar-refractivity contribution >= 4 is 12.0 Å². The smallest absolute Gasteiger partial charge is 0.326 e. The van der Waals surface area contributed by atoms with Gasteiger partial charge in [0.2, 0.25) is 0 Å². The molecular formula is C14H26N2O5. The summed E-state index contributed by atoms with van der Waals surface area (Å²) in [5, 5.41) is 11.9. The number of carboxylic acid groups (broad SMARTS) is 1. The number of carbonyl (C=O) groups excluding carboxylic acids is 1. The van der Waals surface area contributed by atoms with Crippen LogP contribution in [0.3, 0.4) is 0 Å². The third-order valence-electron chi connectivity index (χ3n) is 3.33. The van der Waals surface area contributed by atoms with E-state index in [1.807, 2.05) is 0 Å². The van der Waals surface area contributed by atoms with Crippen LogP contribution in [0, 0.1) is 5.92 Å². The van der Waals surface area contributed by atoms with E-state index in [4.69, 9.17) is 14.6 Å². The molecule has 1 aliphatic heterocycles. The van der Waals surface area contributed by atoms with E-state index < -0.39 is 12.0 Å². The average molecular weight is 302 g/mol. The predicted molar refractivity (Wildman–Crippen MR) is 77.2 cm³/mol. The van der Waals surface area contributed by atoms with E-state index in [1.54, 1.807) is 0 Å². The molecule has 0 saturated carbocycles. The number of urea groups is 1. The summed E-state index contributed by atoms with van der Waals surface area (Å²) in [5.41, 5.74) is 0. The Kier molecular flexibility index (Phi) is 7.45. The Bertz CT molecular complexity index is 348. The summed E-state index contributed by atoms with van der Waals surface area (Å²) in [5.74, 6) is -0.503. The van der Waals surface area contributed by atoms with E-state index in [-0.39, 0.29) is 12.1 Å². The zero-order chi connectivity index (χ0) is 15.8. The highest BCUT2D eigenvalue weighted by Gasteiger charge is 2.39. The Morgan fingerprint density at radius 2 is 2.14 bits per heavy atom. The summed E-state index contributed by atoms with van der Waals surface area (Å²) in [7, 11) is 1.52. The molecule has 2 amide bonds. The molecule has 0 aromatic rings. The lowest BCUT2D eigenvalue weighted by atomic mass is 10.2. The fourth-order valence-corrected chi connectivity index (χ4v) is 2.22. The van der Waals surface area contributed by atoms with Crippen LogP contribution in [0.25, 0.3) is 0 Å². The van der Waals surface area contributed by atoms with Crippen molar-refractivity contribution < 1.29 is 24.2 Å². The quantitative estimate of drug-likeness (QED) is 0.651. The van der Waals surface area contributed by atoms with Crippen molar-refractivity contribution in [2.75, 3.05) is 33.4 Å². The number of methoxy groups -OCH3 is 1.